The normalized spacial score (nSPS) is 14.4. The molecule has 0 unspecified atom stereocenters. The molecule has 3 nitrogen and oxygen atoms in total. The van der Waals surface area contributed by atoms with Crippen molar-refractivity contribution in [1.82, 2.24) is 9.78 Å². The van der Waals surface area contributed by atoms with Crippen LogP contribution >= 0.6 is 0 Å². The van der Waals surface area contributed by atoms with Crippen LogP contribution in [0, 0.1) is 0 Å². The number of fused-ring (bicyclic) bond motifs is 1. The van der Waals surface area contributed by atoms with E-state index in [0.717, 1.165) is 18.7 Å². The number of aromatic nitrogens is 2. The molecule has 1 aromatic heterocycles. The van der Waals surface area contributed by atoms with Crippen molar-refractivity contribution < 1.29 is 0 Å². The Morgan fingerprint density at radius 1 is 1.20 bits per heavy atom. The van der Waals surface area contributed by atoms with E-state index >= 15 is 0 Å². The quantitative estimate of drug-likeness (QED) is 0.763. The highest BCUT2D eigenvalue weighted by molar-refractivity contribution is 5.51. The summed E-state index contributed by atoms with van der Waals surface area (Å²) in [5.74, 6) is 0. The number of nitrogens with zero attached hydrogens (tertiary/aromatic N) is 2. The van der Waals surface area contributed by atoms with Crippen molar-refractivity contribution in [2.24, 2.45) is 0 Å². The van der Waals surface area contributed by atoms with Crippen LogP contribution < -0.4 is 5.32 Å². The summed E-state index contributed by atoms with van der Waals surface area (Å²) in [6, 6.07) is 10.3. The largest absolute Gasteiger partial charge is 0.382 e. The predicted octanol–water partition coefficient (Wildman–Crippen LogP) is 2.23. The molecule has 0 atom stereocenters. The zero-order valence-corrected chi connectivity index (χ0v) is 8.48. The lowest BCUT2D eigenvalue weighted by molar-refractivity contribution is 0.743. The van der Waals surface area contributed by atoms with E-state index in [1.807, 2.05) is 29.1 Å². The van der Waals surface area contributed by atoms with Gasteiger partial charge in [0.25, 0.3) is 0 Å². The third kappa shape index (κ3) is 1.40. The molecule has 0 fully saturated rings. The van der Waals surface area contributed by atoms with Gasteiger partial charge in [0, 0.05) is 6.54 Å². The van der Waals surface area contributed by atoms with E-state index < -0.39 is 0 Å². The Balaban J connectivity index is 2.09. The van der Waals surface area contributed by atoms with Gasteiger partial charge in [-0.2, -0.15) is 5.10 Å². The Hall–Kier alpha value is -1.77. The van der Waals surface area contributed by atoms with Crippen LogP contribution in [0.15, 0.2) is 36.5 Å². The second-order valence-electron chi connectivity index (χ2n) is 3.78. The average molecular weight is 199 g/mol. The van der Waals surface area contributed by atoms with Crippen LogP contribution in [-0.2, 0) is 6.42 Å². The molecular weight excluding hydrogens is 186 g/mol. The topological polar surface area (TPSA) is 29.9 Å². The predicted molar refractivity (Wildman–Crippen MR) is 60.4 cm³/mol. The van der Waals surface area contributed by atoms with Gasteiger partial charge in [-0.25, -0.2) is 4.68 Å². The molecule has 3 heteroatoms. The van der Waals surface area contributed by atoms with Crippen LogP contribution in [0.3, 0.4) is 0 Å². The zero-order valence-electron chi connectivity index (χ0n) is 8.48. The van der Waals surface area contributed by atoms with Gasteiger partial charge < -0.3 is 5.32 Å². The van der Waals surface area contributed by atoms with Gasteiger partial charge in [0.05, 0.1) is 23.3 Å². The van der Waals surface area contributed by atoms with E-state index in [1.54, 1.807) is 0 Å². The maximum atomic E-state index is 4.42. The van der Waals surface area contributed by atoms with Crippen LogP contribution in [0.1, 0.15) is 12.1 Å². The van der Waals surface area contributed by atoms with Crippen molar-refractivity contribution in [3.8, 4) is 5.69 Å². The fourth-order valence-corrected chi connectivity index (χ4v) is 2.03. The van der Waals surface area contributed by atoms with Crippen molar-refractivity contribution in [3.05, 3.63) is 42.2 Å². The molecule has 1 aliphatic rings. The number of rotatable bonds is 1. The Bertz CT molecular complexity index is 459. The molecule has 1 N–H and O–H groups in total. The monoisotopic (exact) mass is 199 g/mol. The van der Waals surface area contributed by atoms with E-state index in [4.69, 9.17) is 0 Å². The summed E-state index contributed by atoms with van der Waals surface area (Å²) in [5.41, 5.74) is 3.63. The molecule has 1 aliphatic heterocycles. The molecule has 0 radical (unpaired) electrons. The third-order valence-electron chi connectivity index (χ3n) is 2.78. The lowest BCUT2D eigenvalue weighted by Crippen LogP contribution is -2.13. The van der Waals surface area contributed by atoms with Gasteiger partial charge in [-0.05, 0) is 25.0 Å². The van der Waals surface area contributed by atoms with E-state index in [9.17, 15) is 0 Å². The number of para-hydroxylation sites is 1. The van der Waals surface area contributed by atoms with Crippen molar-refractivity contribution in [2.75, 3.05) is 11.9 Å². The van der Waals surface area contributed by atoms with Gasteiger partial charge in [-0.3, -0.25) is 0 Å². The molecule has 1 aromatic carbocycles. The summed E-state index contributed by atoms with van der Waals surface area (Å²) in [7, 11) is 0. The minimum absolute atomic E-state index is 1.06. The van der Waals surface area contributed by atoms with Gasteiger partial charge in [0.2, 0.25) is 0 Å². The SMILES string of the molecule is c1ccc(-n2ncc3c2CCCN3)cc1. The van der Waals surface area contributed by atoms with Crippen LogP contribution in [0.2, 0.25) is 0 Å². The number of nitrogens with one attached hydrogen (secondary N) is 1. The van der Waals surface area contributed by atoms with Gasteiger partial charge in [0.15, 0.2) is 0 Å². The summed E-state index contributed by atoms with van der Waals surface area (Å²) in [6.45, 7) is 1.06. The van der Waals surface area contributed by atoms with E-state index in [1.165, 1.54) is 17.8 Å². The van der Waals surface area contributed by atoms with E-state index in [-0.39, 0.29) is 0 Å². The highest BCUT2D eigenvalue weighted by atomic mass is 15.3. The summed E-state index contributed by atoms with van der Waals surface area (Å²) >= 11 is 0. The number of anilines is 1. The molecule has 0 aliphatic carbocycles. The highest BCUT2D eigenvalue weighted by Gasteiger charge is 2.14. The van der Waals surface area contributed by atoms with Crippen molar-refractivity contribution >= 4 is 5.69 Å². The lowest BCUT2D eigenvalue weighted by atomic mass is 10.1. The van der Waals surface area contributed by atoms with Gasteiger partial charge in [0.1, 0.15) is 0 Å². The molecule has 2 aromatic rings. The second kappa shape index (κ2) is 3.42. The number of hydrogen-bond donors (Lipinski definition) is 1. The van der Waals surface area contributed by atoms with Crippen molar-refractivity contribution in [3.63, 3.8) is 0 Å². The van der Waals surface area contributed by atoms with Crippen molar-refractivity contribution in [1.29, 1.82) is 0 Å². The highest BCUT2D eigenvalue weighted by Crippen LogP contribution is 2.23. The van der Waals surface area contributed by atoms with E-state index in [2.05, 4.69) is 22.5 Å². The summed E-state index contributed by atoms with van der Waals surface area (Å²) in [5, 5.41) is 7.79. The summed E-state index contributed by atoms with van der Waals surface area (Å²) in [4.78, 5) is 0. The standard InChI is InChI=1S/C12H13N3/c1-2-5-10(6-3-1)15-12-7-4-8-13-11(12)9-14-15/h1-3,5-6,9,13H,4,7-8H2. The van der Waals surface area contributed by atoms with Crippen LogP contribution in [0.5, 0.6) is 0 Å². The Morgan fingerprint density at radius 2 is 2.07 bits per heavy atom. The smallest absolute Gasteiger partial charge is 0.0763 e. The first-order chi connectivity index (χ1) is 7.45. The molecule has 0 saturated heterocycles. The Kier molecular flexibility index (Phi) is 1.95. The molecule has 3 rings (SSSR count). The molecule has 0 saturated carbocycles. The average Bonchev–Trinajstić information content (AvgIpc) is 2.74. The van der Waals surface area contributed by atoms with Crippen LogP contribution in [0.4, 0.5) is 5.69 Å². The van der Waals surface area contributed by atoms with E-state index in [0.29, 0.717) is 0 Å². The first kappa shape index (κ1) is 8.53. The third-order valence-corrected chi connectivity index (χ3v) is 2.78. The fraction of sp³-hybridized carbons (Fsp3) is 0.250. The lowest BCUT2D eigenvalue weighted by Gasteiger charge is -2.15. The number of benzene rings is 1. The first-order valence-electron chi connectivity index (χ1n) is 5.31. The number of hydrogen-bond acceptors (Lipinski definition) is 2. The molecule has 0 spiro atoms. The maximum Gasteiger partial charge on any atom is 0.0763 e. The zero-order chi connectivity index (χ0) is 10.1. The molecule has 0 bridgehead atoms. The van der Waals surface area contributed by atoms with Crippen LogP contribution in [-0.4, -0.2) is 16.3 Å². The summed E-state index contributed by atoms with van der Waals surface area (Å²) in [6.07, 6.45) is 4.21. The first-order valence-corrected chi connectivity index (χ1v) is 5.31. The summed E-state index contributed by atoms with van der Waals surface area (Å²) < 4.78 is 2.03. The molecular formula is C12H13N3. The van der Waals surface area contributed by atoms with Gasteiger partial charge >= 0.3 is 0 Å². The minimum Gasteiger partial charge on any atom is -0.382 e. The molecule has 76 valence electrons. The van der Waals surface area contributed by atoms with Gasteiger partial charge in [-0.15, -0.1) is 0 Å². The molecule has 15 heavy (non-hydrogen) atoms. The maximum absolute atomic E-state index is 4.42. The minimum atomic E-state index is 1.06. The fourth-order valence-electron chi connectivity index (χ4n) is 2.03. The Labute approximate surface area is 88.7 Å². The van der Waals surface area contributed by atoms with Crippen molar-refractivity contribution in [2.45, 2.75) is 12.8 Å². The van der Waals surface area contributed by atoms with Crippen LogP contribution in [0.25, 0.3) is 5.69 Å². The second-order valence-corrected chi connectivity index (χ2v) is 3.78. The van der Waals surface area contributed by atoms with Gasteiger partial charge in [-0.1, -0.05) is 18.2 Å². The molecule has 2 heterocycles. The molecule has 0 amide bonds. The Morgan fingerprint density at radius 3 is 2.93 bits per heavy atom.